The van der Waals surface area contributed by atoms with E-state index in [9.17, 15) is 9.59 Å². The Labute approximate surface area is 350 Å². The number of halogens is 2. The van der Waals surface area contributed by atoms with Crippen molar-refractivity contribution in [1.82, 2.24) is 20.2 Å². The van der Waals surface area contributed by atoms with Gasteiger partial charge in [0.15, 0.2) is 24.0 Å². The second-order valence-electron chi connectivity index (χ2n) is 14.0. The van der Waals surface area contributed by atoms with Gasteiger partial charge in [0.2, 0.25) is 11.7 Å². The second kappa shape index (κ2) is 18.5. The lowest BCUT2D eigenvalue weighted by Gasteiger charge is -2.36. The summed E-state index contributed by atoms with van der Waals surface area (Å²) >= 11 is 12.2. The van der Waals surface area contributed by atoms with E-state index in [1.165, 1.54) is 17.5 Å². The van der Waals surface area contributed by atoms with E-state index in [0.29, 0.717) is 59.9 Å². The Morgan fingerprint density at radius 3 is 2.42 bits per heavy atom. The van der Waals surface area contributed by atoms with E-state index in [1.54, 1.807) is 12.1 Å². The molecule has 14 heteroatoms. The fourth-order valence-electron chi connectivity index (χ4n) is 7.05. The molecular formula is C45H40Cl2N4O8. The molecule has 302 valence electrons. The highest BCUT2D eigenvalue weighted by molar-refractivity contribution is 6.42. The minimum absolute atomic E-state index is 0.0629. The molecule has 0 radical (unpaired) electrons. The van der Waals surface area contributed by atoms with Crippen molar-refractivity contribution in [2.45, 2.75) is 52.0 Å². The third kappa shape index (κ3) is 9.51. The number of rotatable bonds is 10. The van der Waals surface area contributed by atoms with E-state index in [-0.39, 0.29) is 30.8 Å². The topological polar surface area (TPSA) is 153 Å². The van der Waals surface area contributed by atoms with Crippen LogP contribution in [0.1, 0.15) is 55.7 Å². The maximum atomic E-state index is 13.8. The van der Waals surface area contributed by atoms with Gasteiger partial charge in [0.1, 0.15) is 25.0 Å². The standard InChI is InChI=1S/C44H38Cl2N4O6.CH2O2/c1-26-27(2)48-16-14-35(26)30-6-3-28(4-7-30)13-15-49-43(51)38-18-32-19-39-40(20-33(32)22-50(38)44(52)41-21-47-25-55-41)56-42(24-54-39)31-8-10-34(11-9-31)53-23-29-5-12-36(45)37(46)17-29;2-1-3/h3-12,14,16-17,19-21,25,38,42H,13,15,18,22-24H2,1-2H3,(H,49,51);1H,(H,2,3). The number of pyridine rings is 1. The molecule has 2 atom stereocenters. The molecule has 0 saturated heterocycles. The van der Waals surface area contributed by atoms with Gasteiger partial charge in [0, 0.05) is 31.4 Å². The van der Waals surface area contributed by atoms with Crippen molar-refractivity contribution in [2.24, 2.45) is 0 Å². The zero-order valence-electron chi connectivity index (χ0n) is 32.2. The van der Waals surface area contributed by atoms with Crippen molar-refractivity contribution < 1.29 is 38.1 Å². The number of carbonyl (C=O) groups excluding carboxylic acids is 2. The Balaban J connectivity index is 0.00000171. The number of nitrogens with one attached hydrogen (secondary N) is 1. The molecule has 0 fully saturated rings. The Bertz CT molecular complexity index is 2440. The second-order valence-corrected chi connectivity index (χ2v) is 14.8. The predicted octanol–water partition coefficient (Wildman–Crippen LogP) is 8.38. The number of benzene rings is 4. The summed E-state index contributed by atoms with van der Waals surface area (Å²) in [5.74, 6) is 1.25. The van der Waals surface area contributed by atoms with E-state index in [0.717, 1.165) is 50.2 Å². The first-order valence-corrected chi connectivity index (χ1v) is 19.6. The molecule has 2 aromatic heterocycles. The number of hydrogen-bond acceptors (Lipinski definition) is 9. The minimum atomic E-state index is -0.770. The van der Waals surface area contributed by atoms with Gasteiger partial charge in [-0.1, -0.05) is 65.7 Å². The van der Waals surface area contributed by atoms with Crippen molar-refractivity contribution in [1.29, 1.82) is 0 Å². The Morgan fingerprint density at radius 1 is 0.949 bits per heavy atom. The Morgan fingerprint density at radius 2 is 1.69 bits per heavy atom. The molecule has 59 heavy (non-hydrogen) atoms. The van der Waals surface area contributed by atoms with Crippen molar-refractivity contribution in [3.63, 3.8) is 0 Å². The highest BCUT2D eigenvalue weighted by atomic mass is 35.5. The van der Waals surface area contributed by atoms with E-state index in [4.69, 9.17) is 51.7 Å². The first kappa shape index (κ1) is 40.8. The number of aryl methyl sites for hydroxylation is 1. The van der Waals surface area contributed by atoms with Gasteiger partial charge < -0.3 is 34.0 Å². The summed E-state index contributed by atoms with van der Waals surface area (Å²) in [5, 5.41) is 10.9. The highest BCUT2D eigenvalue weighted by Crippen LogP contribution is 2.41. The van der Waals surface area contributed by atoms with Crippen LogP contribution in [0.3, 0.4) is 0 Å². The van der Waals surface area contributed by atoms with Gasteiger partial charge in [-0.25, -0.2) is 4.98 Å². The summed E-state index contributed by atoms with van der Waals surface area (Å²) in [6.07, 6.45) is 4.96. The number of hydrogen-bond donors (Lipinski definition) is 2. The lowest BCUT2D eigenvalue weighted by molar-refractivity contribution is -0.126. The molecule has 8 rings (SSSR count). The third-order valence-electron chi connectivity index (χ3n) is 10.3. The smallest absolute Gasteiger partial charge is 0.292 e. The largest absolute Gasteiger partial charge is 0.489 e. The van der Waals surface area contributed by atoms with Crippen LogP contribution in [-0.4, -0.2) is 57.5 Å². The van der Waals surface area contributed by atoms with Crippen LogP contribution < -0.4 is 19.5 Å². The molecule has 2 N–H and O–H groups in total. The third-order valence-corrected chi connectivity index (χ3v) is 11.1. The van der Waals surface area contributed by atoms with Crippen molar-refractivity contribution in [3.8, 4) is 28.4 Å². The van der Waals surface area contributed by atoms with Crippen LogP contribution in [0.4, 0.5) is 0 Å². The van der Waals surface area contributed by atoms with E-state index < -0.39 is 11.9 Å². The van der Waals surface area contributed by atoms with Gasteiger partial charge in [-0.05, 0) is 107 Å². The van der Waals surface area contributed by atoms with E-state index in [1.807, 2.05) is 61.7 Å². The maximum Gasteiger partial charge on any atom is 0.292 e. The fourth-order valence-corrected chi connectivity index (χ4v) is 7.37. The van der Waals surface area contributed by atoms with Gasteiger partial charge in [-0.15, -0.1) is 0 Å². The average Bonchev–Trinajstić information content (AvgIpc) is 3.80. The van der Waals surface area contributed by atoms with Crippen LogP contribution in [0.15, 0.2) is 108 Å². The van der Waals surface area contributed by atoms with Gasteiger partial charge in [-0.2, -0.15) is 0 Å². The van der Waals surface area contributed by atoms with E-state index in [2.05, 4.69) is 46.5 Å². The van der Waals surface area contributed by atoms with Gasteiger partial charge in [0.25, 0.3) is 12.4 Å². The van der Waals surface area contributed by atoms with Gasteiger partial charge in [0.05, 0.1) is 16.2 Å². The quantitative estimate of drug-likeness (QED) is 0.129. The number of amides is 2. The minimum Gasteiger partial charge on any atom is -0.489 e. The number of aromatic nitrogens is 2. The van der Waals surface area contributed by atoms with Crippen molar-refractivity contribution in [2.75, 3.05) is 13.2 Å². The molecule has 2 unspecified atom stereocenters. The van der Waals surface area contributed by atoms with Crippen LogP contribution in [0.2, 0.25) is 10.0 Å². The molecule has 12 nitrogen and oxygen atoms in total. The van der Waals surface area contributed by atoms with Crippen molar-refractivity contribution >= 4 is 41.5 Å². The zero-order valence-corrected chi connectivity index (χ0v) is 33.7. The summed E-state index contributed by atoms with van der Waals surface area (Å²) < 4.78 is 24.0. The Kier molecular flexibility index (Phi) is 12.8. The number of nitrogens with zero attached hydrogens (tertiary/aromatic N) is 3. The first-order chi connectivity index (χ1) is 28.6. The molecule has 4 aromatic carbocycles. The molecule has 0 bridgehead atoms. The van der Waals surface area contributed by atoms with Crippen LogP contribution in [0.5, 0.6) is 17.2 Å². The summed E-state index contributed by atoms with van der Waals surface area (Å²) in [5.41, 5.74) is 9.12. The number of ether oxygens (including phenoxy) is 3. The summed E-state index contributed by atoms with van der Waals surface area (Å²) in [4.78, 5) is 45.7. The number of carboxylic acid groups (broad SMARTS) is 1. The van der Waals surface area contributed by atoms with Gasteiger partial charge >= 0.3 is 0 Å². The summed E-state index contributed by atoms with van der Waals surface area (Å²) in [6.45, 7) is 5.07. The Hall–Kier alpha value is -6.37. The van der Waals surface area contributed by atoms with E-state index >= 15 is 0 Å². The summed E-state index contributed by atoms with van der Waals surface area (Å²) in [6, 6.07) is 26.5. The molecule has 6 aromatic rings. The molecule has 2 aliphatic heterocycles. The molecular weight excluding hydrogens is 795 g/mol. The maximum absolute atomic E-state index is 13.8. The molecule has 0 spiro atoms. The van der Waals surface area contributed by atoms with Crippen molar-refractivity contribution in [3.05, 3.63) is 159 Å². The monoisotopic (exact) mass is 834 g/mol. The highest BCUT2D eigenvalue weighted by Gasteiger charge is 2.37. The molecule has 2 aliphatic rings. The molecule has 0 saturated carbocycles. The first-order valence-electron chi connectivity index (χ1n) is 18.8. The SMILES string of the molecule is Cc1nccc(-c2ccc(CCNC(=O)C3Cc4cc5c(cc4CN3C(=O)c3cnco3)OC(c3ccc(OCc4ccc(Cl)c(Cl)c4)cc3)CO5)cc2)c1C.O=CO. The predicted molar refractivity (Wildman–Crippen MR) is 221 cm³/mol. The average molecular weight is 836 g/mol. The fraction of sp³-hybridized carbons (Fsp3) is 0.222. The molecule has 0 aliphatic carbocycles. The number of oxazole rings is 1. The normalized spacial score (nSPS) is 15.3. The molecule has 2 amide bonds. The van der Waals surface area contributed by atoms with Crippen LogP contribution in [-0.2, 0) is 35.6 Å². The lowest BCUT2D eigenvalue weighted by Crippen LogP contribution is -2.52. The van der Waals surface area contributed by atoms with Crippen LogP contribution in [0, 0.1) is 13.8 Å². The number of carbonyl (C=O) groups is 3. The van der Waals surface area contributed by atoms with Gasteiger partial charge in [-0.3, -0.25) is 19.4 Å². The summed E-state index contributed by atoms with van der Waals surface area (Å²) in [7, 11) is 0. The van der Waals surface area contributed by atoms with Crippen LogP contribution in [0.25, 0.3) is 11.1 Å². The molecule has 4 heterocycles. The zero-order chi connectivity index (χ0) is 41.5. The number of fused-ring (bicyclic) bond motifs is 2. The lowest BCUT2D eigenvalue weighted by atomic mass is 9.92. The van der Waals surface area contributed by atoms with Crippen LogP contribution >= 0.6 is 23.2 Å².